The summed E-state index contributed by atoms with van der Waals surface area (Å²) in [6.45, 7) is 9.26. The molecule has 0 heterocycles. The van der Waals surface area contributed by atoms with E-state index in [0.717, 1.165) is 0 Å². The van der Waals surface area contributed by atoms with E-state index in [0.29, 0.717) is 0 Å². The highest BCUT2D eigenvalue weighted by Gasteiger charge is 1.83. The highest BCUT2D eigenvalue weighted by molar-refractivity contribution is 4.39. The van der Waals surface area contributed by atoms with Crippen molar-refractivity contribution in [3.8, 4) is 0 Å². The molecule has 0 bridgehead atoms. The van der Waals surface area contributed by atoms with Crippen LogP contribution in [0.3, 0.4) is 0 Å². The predicted molar refractivity (Wildman–Crippen MR) is 44.0 cm³/mol. The van der Waals surface area contributed by atoms with E-state index in [4.69, 9.17) is 11.8 Å². The van der Waals surface area contributed by atoms with Crippen molar-refractivity contribution >= 4 is 0 Å². The first-order valence-electron chi connectivity index (χ1n) is 4.14. The summed E-state index contributed by atoms with van der Waals surface area (Å²) >= 11 is 0. The largest absolute Gasteiger partial charge is 0.512 e. The summed E-state index contributed by atoms with van der Waals surface area (Å²) in [5.41, 5.74) is 0. The number of hydrogen-bond donors (Lipinski definition) is 0. The van der Waals surface area contributed by atoms with Crippen LogP contribution in [0.1, 0.15) is 52.4 Å². The lowest BCUT2D eigenvalue weighted by Crippen LogP contribution is -1.73. The molecule has 0 N–H and O–H groups in total. The van der Waals surface area contributed by atoms with E-state index in [1.165, 1.54) is 38.5 Å². The fraction of sp³-hybridized carbons (Fsp3) is 0.889. The van der Waals surface area contributed by atoms with Crippen LogP contribution in [0.4, 0.5) is 0 Å². The van der Waals surface area contributed by atoms with Gasteiger partial charge in [0, 0.05) is 0 Å². The molecule has 60 valence electrons. The Labute approximate surface area is 65.1 Å². The Hall–Kier alpha value is -0.510. The first-order chi connectivity index (χ1) is 4.91. The first-order valence-corrected chi connectivity index (χ1v) is 4.14. The molecule has 1 heteroatoms. The number of rotatable bonds is 5. The number of nitrogens with zero attached hydrogens (tertiary/aromatic N) is 1. The Morgan fingerprint density at radius 2 is 1.10 bits per heavy atom. The van der Waals surface area contributed by atoms with Gasteiger partial charge >= 0.3 is 0 Å². The van der Waals surface area contributed by atoms with E-state index in [1.54, 1.807) is 0 Å². The van der Waals surface area contributed by atoms with Crippen LogP contribution in [0.5, 0.6) is 0 Å². The summed E-state index contributed by atoms with van der Waals surface area (Å²) < 4.78 is 0. The summed E-state index contributed by atoms with van der Waals surface area (Å²) in [5.74, 6) is 0. The topological polar surface area (TPSA) is 23.8 Å². The molecule has 0 amide bonds. The Balaban J connectivity index is 0. The van der Waals surface area contributed by atoms with Gasteiger partial charge in [0.1, 0.15) is 0 Å². The monoisotopic (exact) mass is 140 g/mol. The van der Waals surface area contributed by atoms with Gasteiger partial charge in [0.15, 0.2) is 0 Å². The Morgan fingerprint density at radius 3 is 1.30 bits per heavy atom. The summed E-state index contributed by atoms with van der Waals surface area (Å²) in [5, 5.41) is 6.25. The highest BCUT2D eigenvalue weighted by Crippen LogP contribution is 2.03. The number of unbranched alkanes of at least 4 members (excludes halogenated alkanes) is 5. The fourth-order valence-corrected chi connectivity index (χ4v) is 0.854. The van der Waals surface area contributed by atoms with Crippen LogP contribution in [0, 0.1) is 11.8 Å². The normalized spacial score (nSPS) is 8.00. The molecule has 0 saturated heterocycles. The minimum absolute atomic E-state index is 1.36. The molecule has 0 aromatic carbocycles. The van der Waals surface area contributed by atoms with E-state index in [9.17, 15) is 0 Å². The van der Waals surface area contributed by atoms with E-state index in [1.807, 2.05) is 0 Å². The molecule has 10 heavy (non-hydrogen) atoms. The van der Waals surface area contributed by atoms with Crippen molar-refractivity contribution < 1.29 is 0 Å². The lowest BCUT2D eigenvalue weighted by atomic mass is 10.1. The molecule has 0 radical (unpaired) electrons. The van der Waals surface area contributed by atoms with Gasteiger partial charge in [-0.2, -0.15) is 0 Å². The summed E-state index contributed by atoms with van der Waals surface area (Å²) in [6, 6.07) is 0. The third kappa shape index (κ3) is 15.6. The van der Waals surface area contributed by atoms with Crippen LogP contribution >= 0.6 is 0 Å². The highest BCUT2D eigenvalue weighted by atomic mass is 14.2. The molecule has 0 aliphatic heterocycles. The molecule has 0 aromatic heterocycles. The minimum Gasteiger partial charge on any atom is -0.512 e. The summed E-state index contributed by atoms with van der Waals surface area (Å²) in [4.78, 5) is 0. The Morgan fingerprint density at radius 1 is 0.800 bits per heavy atom. The maximum atomic E-state index is 6.25. The molecule has 0 aliphatic rings. The van der Waals surface area contributed by atoms with Crippen molar-refractivity contribution in [1.29, 1.82) is 5.26 Å². The molecule has 0 rings (SSSR count). The van der Waals surface area contributed by atoms with E-state index >= 15 is 0 Å². The summed E-state index contributed by atoms with van der Waals surface area (Å²) in [7, 11) is 0. The second kappa shape index (κ2) is 15.8. The average Bonchev–Trinajstić information content (AvgIpc) is 2.02. The maximum Gasteiger partial charge on any atom is -0.0533 e. The Kier molecular flexibility index (Phi) is 19.3. The van der Waals surface area contributed by atoms with Crippen molar-refractivity contribution in [2.45, 2.75) is 52.4 Å². The van der Waals surface area contributed by atoms with Crippen molar-refractivity contribution in [2.24, 2.45) is 0 Å². The summed E-state index contributed by atoms with van der Waals surface area (Å²) in [6.07, 6.45) is 8.49. The van der Waals surface area contributed by atoms with Gasteiger partial charge in [0.2, 0.25) is 0 Å². The standard InChI is InChI=1S/C8H18.CN/c1-3-5-7-8-6-4-2;1-2/h3-8H2,1-2H3;/q;-1. The van der Waals surface area contributed by atoms with E-state index < -0.39 is 0 Å². The van der Waals surface area contributed by atoms with Gasteiger partial charge in [0.05, 0.1) is 0 Å². The van der Waals surface area contributed by atoms with Gasteiger partial charge in [-0.1, -0.05) is 52.4 Å². The second-order valence-electron chi connectivity index (χ2n) is 2.41. The second-order valence-corrected chi connectivity index (χ2v) is 2.41. The molecule has 0 aromatic rings. The van der Waals surface area contributed by atoms with Crippen molar-refractivity contribution in [2.75, 3.05) is 0 Å². The SMILES string of the molecule is CCCCCCCC.[C-]#N. The zero-order valence-corrected chi connectivity index (χ0v) is 7.19. The van der Waals surface area contributed by atoms with E-state index in [2.05, 4.69) is 13.8 Å². The smallest absolute Gasteiger partial charge is 0.0533 e. The maximum absolute atomic E-state index is 6.25. The zero-order valence-electron chi connectivity index (χ0n) is 7.19. The third-order valence-corrected chi connectivity index (χ3v) is 1.46. The van der Waals surface area contributed by atoms with Crippen molar-refractivity contribution in [3.63, 3.8) is 0 Å². The van der Waals surface area contributed by atoms with E-state index in [-0.39, 0.29) is 0 Å². The molecule has 0 unspecified atom stereocenters. The first kappa shape index (κ1) is 12.2. The Bertz CT molecular complexity index is 51.0. The molecule has 1 nitrogen and oxygen atoms in total. The van der Waals surface area contributed by atoms with Gasteiger partial charge < -0.3 is 11.8 Å². The van der Waals surface area contributed by atoms with Crippen LogP contribution in [0.25, 0.3) is 0 Å². The van der Waals surface area contributed by atoms with Crippen molar-refractivity contribution in [1.82, 2.24) is 0 Å². The quantitative estimate of drug-likeness (QED) is 0.423. The van der Waals surface area contributed by atoms with Gasteiger partial charge in [-0.3, -0.25) is 0 Å². The van der Waals surface area contributed by atoms with Gasteiger partial charge in [-0.15, -0.1) is 0 Å². The van der Waals surface area contributed by atoms with Gasteiger partial charge in [-0.05, 0) is 0 Å². The number of hydrogen-bond acceptors (Lipinski definition) is 1. The molecule has 0 aliphatic carbocycles. The predicted octanol–water partition coefficient (Wildman–Crippen LogP) is 3.46. The molecular formula is C9H18N-. The molecule has 0 saturated carbocycles. The average molecular weight is 140 g/mol. The molecular weight excluding hydrogens is 122 g/mol. The fourth-order valence-electron chi connectivity index (χ4n) is 0.854. The van der Waals surface area contributed by atoms with Crippen LogP contribution < -0.4 is 0 Å². The van der Waals surface area contributed by atoms with Crippen molar-refractivity contribution in [3.05, 3.63) is 6.57 Å². The van der Waals surface area contributed by atoms with Crippen LogP contribution in [0.2, 0.25) is 0 Å². The lowest BCUT2D eigenvalue weighted by Gasteiger charge is -1.93. The lowest BCUT2D eigenvalue weighted by molar-refractivity contribution is 0.624. The van der Waals surface area contributed by atoms with Crippen LogP contribution in [-0.2, 0) is 0 Å². The van der Waals surface area contributed by atoms with Gasteiger partial charge in [0.25, 0.3) is 0 Å². The molecule has 0 atom stereocenters. The van der Waals surface area contributed by atoms with Crippen LogP contribution in [-0.4, -0.2) is 0 Å². The minimum atomic E-state index is 1.36. The van der Waals surface area contributed by atoms with Crippen LogP contribution in [0.15, 0.2) is 0 Å². The van der Waals surface area contributed by atoms with Gasteiger partial charge in [-0.25, -0.2) is 0 Å². The zero-order chi connectivity index (χ0) is 8.24. The molecule has 0 spiro atoms. The molecule has 0 fully saturated rings. The third-order valence-electron chi connectivity index (χ3n) is 1.46.